The van der Waals surface area contributed by atoms with Gasteiger partial charge in [0.25, 0.3) is 0 Å². The Hall–Kier alpha value is -0.210. The first-order chi connectivity index (χ1) is 5.11. The van der Waals surface area contributed by atoms with Gasteiger partial charge in [-0.05, 0) is 12.8 Å². The van der Waals surface area contributed by atoms with Crippen LogP contribution in [0.2, 0.25) is 0 Å². The second-order valence-electron chi connectivity index (χ2n) is 3.30. The summed E-state index contributed by atoms with van der Waals surface area (Å²) in [6.45, 7) is 1.51. The fourth-order valence-corrected chi connectivity index (χ4v) is 1.41. The molecule has 11 heavy (non-hydrogen) atoms. The molecule has 4 unspecified atom stereocenters. The summed E-state index contributed by atoms with van der Waals surface area (Å²) in [5.41, 5.74) is 0. The lowest BCUT2D eigenvalue weighted by atomic mass is 9.99. The Balaban J connectivity index is 2.53. The summed E-state index contributed by atoms with van der Waals surface area (Å²) in [4.78, 5) is 0. The van der Waals surface area contributed by atoms with Crippen molar-refractivity contribution < 1.29 is 13.2 Å². The normalized spacial score (nSPS) is 46.9. The van der Waals surface area contributed by atoms with Gasteiger partial charge < -0.3 is 0 Å². The molecule has 0 saturated heterocycles. The van der Waals surface area contributed by atoms with E-state index in [9.17, 15) is 13.2 Å². The van der Waals surface area contributed by atoms with Crippen molar-refractivity contribution in [1.29, 1.82) is 0 Å². The molecule has 3 heteroatoms. The van der Waals surface area contributed by atoms with Gasteiger partial charge in [-0.15, -0.1) is 0 Å². The van der Waals surface area contributed by atoms with Crippen LogP contribution in [-0.2, 0) is 0 Å². The molecule has 1 saturated carbocycles. The second-order valence-corrected chi connectivity index (χ2v) is 3.30. The zero-order valence-electron chi connectivity index (χ0n) is 6.56. The third-order valence-corrected chi connectivity index (χ3v) is 2.38. The van der Waals surface area contributed by atoms with Gasteiger partial charge in [-0.3, -0.25) is 0 Å². The van der Waals surface area contributed by atoms with Crippen LogP contribution in [0.4, 0.5) is 13.2 Å². The molecule has 0 nitrogen and oxygen atoms in total. The van der Waals surface area contributed by atoms with E-state index in [1.54, 1.807) is 0 Å². The Kier molecular flexibility index (Phi) is 2.79. The maximum Gasteiger partial charge on any atom is 0.108 e. The molecule has 66 valence electrons. The van der Waals surface area contributed by atoms with Gasteiger partial charge in [0.15, 0.2) is 0 Å². The van der Waals surface area contributed by atoms with Crippen LogP contribution in [0.25, 0.3) is 0 Å². The Bertz CT molecular complexity index is 127. The molecule has 1 rings (SSSR count). The zero-order valence-corrected chi connectivity index (χ0v) is 6.56. The van der Waals surface area contributed by atoms with Gasteiger partial charge in [0.2, 0.25) is 0 Å². The van der Waals surface area contributed by atoms with Crippen molar-refractivity contribution in [3.05, 3.63) is 0 Å². The van der Waals surface area contributed by atoms with Crippen molar-refractivity contribution in [1.82, 2.24) is 0 Å². The van der Waals surface area contributed by atoms with E-state index in [4.69, 9.17) is 0 Å². The van der Waals surface area contributed by atoms with E-state index in [-0.39, 0.29) is 19.3 Å². The molecule has 1 aliphatic rings. The lowest BCUT2D eigenvalue weighted by Gasteiger charge is -2.15. The summed E-state index contributed by atoms with van der Waals surface area (Å²) in [6.07, 6.45) is -3.39. The van der Waals surface area contributed by atoms with Crippen LogP contribution in [0.3, 0.4) is 0 Å². The molecule has 4 atom stereocenters. The smallest absolute Gasteiger partial charge is 0.108 e. The summed E-state index contributed by atoms with van der Waals surface area (Å²) < 4.78 is 38.3. The Morgan fingerprint density at radius 2 is 1.64 bits per heavy atom. The highest BCUT2D eigenvalue weighted by molar-refractivity contribution is 4.80. The molecule has 0 radical (unpaired) electrons. The first-order valence-corrected chi connectivity index (χ1v) is 4.03. The Labute approximate surface area is 64.8 Å². The van der Waals surface area contributed by atoms with E-state index in [2.05, 4.69) is 0 Å². The lowest BCUT2D eigenvalue weighted by molar-refractivity contribution is 0.135. The quantitative estimate of drug-likeness (QED) is 0.485. The van der Waals surface area contributed by atoms with E-state index in [1.807, 2.05) is 0 Å². The van der Waals surface area contributed by atoms with E-state index >= 15 is 0 Å². The lowest BCUT2D eigenvalue weighted by Crippen LogP contribution is -2.21. The number of alkyl halides is 3. The van der Waals surface area contributed by atoms with Gasteiger partial charge >= 0.3 is 0 Å². The summed E-state index contributed by atoms with van der Waals surface area (Å²) in [5.74, 6) is -0.629. The van der Waals surface area contributed by atoms with Crippen LogP contribution < -0.4 is 0 Å². The SMILES string of the molecule is CC1C(F)CCC(F)CC1F. The van der Waals surface area contributed by atoms with Crippen molar-refractivity contribution >= 4 is 0 Å². The van der Waals surface area contributed by atoms with Crippen LogP contribution >= 0.6 is 0 Å². The molecule has 0 N–H and O–H groups in total. The maximum absolute atomic E-state index is 12.9. The van der Waals surface area contributed by atoms with Crippen molar-refractivity contribution in [3.63, 3.8) is 0 Å². The standard InChI is InChI=1S/C8H13F3/c1-5-7(10)3-2-6(9)4-8(5)11/h5-8H,2-4H2,1H3. The average molecular weight is 166 g/mol. The van der Waals surface area contributed by atoms with E-state index in [1.165, 1.54) is 6.92 Å². The van der Waals surface area contributed by atoms with E-state index in [0.717, 1.165) is 0 Å². The Morgan fingerprint density at radius 1 is 1.00 bits per heavy atom. The summed E-state index contributed by atoms with van der Waals surface area (Å²) in [6, 6.07) is 0. The van der Waals surface area contributed by atoms with Crippen molar-refractivity contribution in [2.45, 2.75) is 44.7 Å². The first kappa shape index (κ1) is 8.88. The van der Waals surface area contributed by atoms with Gasteiger partial charge in [0, 0.05) is 12.3 Å². The minimum Gasteiger partial charge on any atom is -0.247 e. The second kappa shape index (κ2) is 3.46. The number of rotatable bonds is 0. The van der Waals surface area contributed by atoms with Crippen LogP contribution in [-0.4, -0.2) is 18.5 Å². The van der Waals surface area contributed by atoms with Crippen LogP contribution in [0.1, 0.15) is 26.2 Å². The first-order valence-electron chi connectivity index (χ1n) is 4.03. The highest BCUT2D eigenvalue weighted by atomic mass is 19.2. The molecule has 0 aromatic rings. The van der Waals surface area contributed by atoms with Crippen LogP contribution in [0, 0.1) is 5.92 Å². The molecule has 0 heterocycles. The highest BCUT2D eigenvalue weighted by Gasteiger charge is 2.31. The molecule has 0 spiro atoms. The third kappa shape index (κ3) is 2.11. The van der Waals surface area contributed by atoms with Crippen molar-refractivity contribution in [2.75, 3.05) is 0 Å². The molecule has 0 bridgehead atoms. The highest BCUT2D eigenvalue weighted by Crippen LogP contribution is 2.29. The molecule has 0 aromatic carbocycles. The minimum absolute atomic E-state index is 0.123. The van der Waals surface area contributed by atoms with Crippen molar-refractivity contribution in [3.8, 4) is 0 Å². The predicted molar refractivity (Wildman–Crippen MR) is 37.7 cm³/mol. The number of halogens is 3. The molecule has 0 amide bonds. The maximum atomic E-state index is 12.9. The largest absolute Gasteiger partial charge is 0.247 e. The summed E-state index contributed by atoms with van der Waals surface area (Å²) in [5, 5.41) is 0. The molecule has 1 fully saturated rings. The fraction of sp³-hybridized carbons (Fsp3) is 1.00. The molecule has 1 aliphatic carbocycles. The average Bonchev–Trinajstić information content (AvgIpc) is 2.05. The van der Waals surface area contributed by atoms with Crippen LogP contribution in [0.15, 0.2) is 0 Å². The molecule has 0 aliphatic heterocycles. The minimum atomic E-state index is -1.30. The molecular weight excluding hydrogens is 153 g/mol. The fourth-order valence-electron chi connectivity index (χ4n) is 1.41. The number of hydrogen-bond donors (Lipinski definition) is 0. The molecular formula is C8H13F3. The predicted octanol–water partition coefficient (Wildman–Crippen LogP) is 2.82. The van der Waals surface area contributed by atoms with Gasteiger partial charge in [-0.1, -0.05) is 6.92 Å². The van der Waals surface area contributed by atoms with Gasteiger partial charge in [-0.2, -0.15) is 0 Å². The topological polar surface area (TPSA) is 0 Å². The Morgan fingerprint density at radius 3 is 2.27 bits per heavy atom. The van der Waals surface area contributed by atoms with Gasteiger partial charge in [0.1, 0.15) is 18.5 Å². The van der Waals surface area contributed by atoms with Crippen molar-refractivity contribution in [2.24, 2.45) is 5.92 Å². The van der Waals surface area contributed by atoms with E-state index < -0.39 is 24.4 Å². The monoisotopic (exact) mass is 166 g/mol. The zero-order chi connectivity index (χ0) is 8.43. The van der Waals surface area contributed by atoms with E-state index in [0.29, 0.717) is 0 Å². The van der Waals surface area contributed by atoms with Gasteiger partial charge in [-0.25, -0.2) is 13.2 Å². The summed E-state index contributed by atoms with van der Waals surface area (Å²) >= 11 is 0. The molecule has 0 aromatic heterocycles. The number of hydrogen-bond acceptors (Lipinski definition) is 0. The van der Waals surface area contributed by atoms with Gasteiger partial charge in [0.05, 0.1) is 0 Å². The third-order valence-electron chi connectivity index (χ3n) is 2.38. The van der Waals surface area contributed by atoms with Crippen LogP contribution in [0.5, 0.6) is 0 Å². The summed E-state index contributed by atoms with van der Waals surface area (Å²) in [7, 11) is 0.